The van der Waals surface area contributed by atoms with E-state index >= 15 is 0 Å². The summed E-state index contributed by atoms with van der Waals surface area (Å²) in [7, 11) is -3.23. The highest BCUT2D eigenvalue weighted by atomic mass is 32.2. The summed E-state index contributed by atoms with van der Waals surface area (Å²) in [5, 5.41) is 0. The van der Waals surface area contributed by atoms with Crippen molar-refractivity contribution in [1.82, 2.24) is 0 Å². The van der Waals surface area contributed by atoms with E-state index in [1.807, 2.05) is 0 Å². The van der Waals surface area contributed by atoms with Gasteiger partial charge >= 0.3 is 0 Å². The minimum absolute atomic E-state index is 0.378. The van der Waals surface area contributed by atoms with Gasteiger partial charge in [-0.2, -0.15) is 8.42 Å². The van der Waals surface area contributed by atoms with Crippen LogP contribution in [0.4, 0.5) is 0 Å². The normalized spacial score (nSPS) is 30.8. The van der Waals surface area contributed by atoms with E-state index in [2.05, 4.69) is 6.92 Å². The van der Waals surface area contributed by atoms with Crippen LogP contribution >= 0.6 is 0 Å². The molecule has 1 aliphatic rings. The van der Waals surface area contributed by atoms with Gasteiger partial charge in [0, 0.05) is 0 Å². The van der Waals surface area contributed by atoms with Gasteiger partial charge in [-0.05, 0) is 24.7 Å². The zero-order chi connectivity index (χ0) is 9.19. The molecule has 2 atom stereocenters. The van der Waals surface area contributed by atoms with Crippen molar-refractivity contribution < 1.29 is 12.6 Å². The molecule has 1 rings (SSSR count). The topological polar surface area (TPSA) is 43.4 Å². The second-order valence-corrected chi connectivity index (χ2v) is 5.42. The van der Waals surface area contributed by atoms with Gasteiger partial charge in [-0.3, -0.25) is 4.18 Å². The molecule has 12 heavy (non-hydrogen) atoms. The maximum absolute atomic E-state index is 10.6. The molecule has 0 aromatic heterocycles. The molecular weight excluding hydrogens is 176 g/mol. The van der Waals surface area contributed by atoms with Crippen LogP contribution in [0.15, 0.2) is 0 Å². The molecule has 1 fully saturated rings. The third kappa shape index (κ3) is 3.54. The summed E-state index contributed by atoms with van der Waals surface area (Å²) < 4.78 is 26.0. The van der Waals surface area contributed by atoms with Gasteiger partial charge in [0.2, 0.25) is 0 Å². The van der Waals surface area contributed by atoms with Crippen molar-refractivity contribution >= 4 is 10.1 Å². The summed E-state index contributed by atoms with van der Waals surface area (Å²) >= 11 is 0. The van der Waals surface area contributed by atoms with E-state index in [0.29, 0.717) is 12.5 Å². The Morgan fingerprint density at radius 2 is 2.08 bits per heavy atom. The lowest BCUT2D eigenvalue weighted by Gasteiger charge is -2.07. The van der Waals surface area contributed by atoms with Gasteiger partial charge in [0.25, 0.3) is 10.1 Å². The van der Waals surface area contributed by atoms with E-state index in [1.165, 1.54) is 6.42 Å². The minimum Gasteiger partial charge on any atom is -0.270 e. The molecule has 0 N–H and O–H groups in total. The lowest BCUT2D eigenvalue weighted by atomic mass is 10.1. The lowest BCUT2D eigenvalue weighted by molar-refractivity contribution is 0.256. The fourth-order valence-electron chi connectivity index (χ4n) is 1.70. The molecule has 1 aliphatic carbocycles. The number of hydrogen-bond donors (Lipinski definition) is 0. The van der Waals surface area contributed by atoms with Crippen molar-refractivity contribution in [3.05, 3.63) is 0 Å². The van der Waals surface area contributed by atoms with Crippen LogP contribution in [0.1, 0.15) is 26.2 Å². The summed E-state index contributed by atoms with van der Waals surface area (Å²) in [6.07, 6.45) is 4.52. The molecular formula is C8H16O3S. The second-order valence-electron chi connectivity index (χ2n) is 3.77. The lowest BCUT2D eigenvalue weighted by Crippen LogP contribution is -2.11. The molecule has 0 bridgehead atoms. The molecule has 0 radical (unpaired) electrons. The first-order valence-corrected chi connectivity index (χ1v) is 6.13. The maximum atomic E-state index is 10.6. The summed E-state index contributed by atoms with van der Waals surface area (Å²) in [5.74, 6) is 1.19. The Kier molecular flexibility index (Phi) is 3.12. The third-order valence-electron chi connectivity index (χ3n) is 2.32. The first kappa shape index (κ1) is 9.99. The fourth-order valence-corrected chi connectivity index (χ4v) is 2.14. The van der Waals surface area contributed by atoms with Crippen LogP contribution in [-0.4, -0.2) is 21.3 Å². The summed E-state index contributed by atoms with van der Waals surface area (Å²) in [4.78, 5) is 0. The van der Waals surface area contributed by atoms with Crippen LogP contribution in [-0.2, 0) is 14.3 Å². The van der Waals surface area contributed by atoms with Crippen molar-refractivity contribution in [1.29, 1.82) is 0 Å². The molecule has 2 unspecified atom stereocenters. The summed E-state index contributed by atoms with van der Waals surface area (Å²) in [5.41, 5.74) is 0. The fraction of sp³-hybridized carbons (Fsp3) is 1.00. The van der Waals surface area contributed by atoms with E-state index in [1.54, 1.807) is 0 Å². The van der Waals surface area contributed by atoms with Crippen LogP contribution in [0.25, 0.3) is 0 Å². The van der Waals surface area contributed by atoms with Crippen LogP contribution in [0.2, 0.25) is 0 Å². The molecule has 0 heterocycles. The van der Waals surface area contributed by atoms with E-state index < -0.39 is 10.1 Å². The smallest absolute Gasteiger partial charge is 0.264 e. The highest BCUT2D eigenvalue weighted by Gasteiger charge is 2.22. The average molecular weight is 192 g/mol. The van der Waals surface area contributed by atoms with Gasteiger partial charge < -0.3 is 0 Å². The van der Waals surface area contributed by atoms with Gasteiger partial charge in [-0.25, -0.2) is 0 Å². The third-order valence-corrected chi connectivity index (χ3v) is 2.89. The Hall–Kier alpha value is -0.0900. The molecule has 0 aromatic rings. The molecule has 4 heteroatoms. The first-order chi connectivity index (χ1) is 5.47. The Labute approximate surface area is 74.2 Å². The summed E-state index contributed by atoms with van der Waals surface area (Å²) in [6.45, 7) is 2.57. The second kappa shape index (κ2) is 3.75. The Bertz CT molecular complexity index is 233. The molecule has 0 aliphatic heterocycles. The van der Waals surface area contributed by atoms with Crippen molar-refractivity contribution in [3.8, 4) is 0 Å². The Morgan fingerprint density at radius 3 is 2.50 bits per heavy atom. The van der Waals surface area contributed by atoms with Crippen molar-refractivity contribution in [2.75, 3.05) is 12.9 Å². The van der Waals surface area contributed by atoms with Crippen LogP contribution < -0.4 is 0 Å². The average Bonchev–Trinajstić information content (AvgIpc) is 2.30. The Balaban J connectivity index is 2.25. The molecule has 0 spiro atoms. The van der Waals surface area contributed by atoms with Crippen molar-refractivity contribution in [2.24, 2.45) is 11.8 Å². The highest BCUT2D eigenvalue weighted by molar-refractivity contribution is 7.85. The molecule has 0 aromatic carbocycles. The maximum Gasteiger partial charge on any atom is 0.264 e. The largest absolute Gasteiger partial charge is 0.270 e. The number of hydrogen-bond acceptors (Lipinski definition) is 3. The SMILES string of the molecule is CC1CCC(COS(C)(=O)=O)C1. The monoisotopic (exact) mass is 192 g/mol. The first-order valence-electron chi connectivity index (χ1n) is 4.32. The zero-order valence-corrected chi connectivity index (χ0v) is 8.43. The van der Waals surface area contributed by atoms with Gasteiger partial charge in [0.1, 0.15) is 0 Å². The Morgan fingerprint density at radius 1 is 1.42 bits per heavy atom. The van der Waals surface area contributed by atoms with Crippen LogP contribution in [0.3, 0.4) is 0 Å². The minimum atomic E-state index is -3.23. The van der Waals surface area contributed by atoms with Crippen LogP contribution in [0, 0.1) is 11.8 Å². The quantitative estimate of drug-likeness (QED) is 0.635. The van der Waals surface area contributed by atoms with Gasteiger partial charge in [0.05, 0.1) is 12.9 Å². The predicted octanol–water partition coefficient (Wildman–Crippen LogP) is 1.40. The van der Waals surface area contributed by atoms with Crippen molar-refractivity contribution in [2.45, 2.75) is 26.2 Å². The number of rotatable bonds is 3. The molecule has 3 nitrogen and oxygen atoms in total. The van der Waals surface area contributed by atoms with Gasteiger partial charge in [0.15, 0.2) is 0 Å². The molecule has 72 valence electrons. The van der Waals surface area contributed by atoms with Crippen LogP contribution in [0.5, 0.6) is 0 Å². The van der Waals surface area contributed by atoms with Crippen molar-refractivity contribution in [3.63, 3.8) is 0 Å². The highest BCUT2D eigenvalue weighted by Crippen LogP contribution is 2.30. The van der Waals surface area contributed by atoms with Gasteiger partial charge in [-0.1, -0.05) is 13.3 Å². The molecule has 1 saturated carbocycles. The predicted molar refractivity (Wildman–Crippen MR) is 47.3 cm³/mol. The van der Waals surface area contributed by atoms with E-state index in [4.69, 9.17) is 4.18 Å². The van der Waals surface area contributed by atoms with E-state index in [0.717, 1.165) is 25.0 Å². The van der Waals surface area contributed by atoms with E-state index in [9.17, 15) is 8.42 Å². The molecule has 0 saturated heterocycles. The van der Waals surface area contributed by atoms with Gasteiger partial charge in [-0.15, -0.1) is 0 Å². The summed E-state index contributed by atoms with van der Waals surface area (Å²) in [6, 6.07) is 0. The zero-order valence-electron chi connectivity index (χ0n) is 7.62. The standard InChI is InChI=1S/C8H16O3S/c1-7-3-4-8(5-7)6-11-12(2,9)10/h7-8H,3-6H2,1-2H3. The molecule has 0 amide bonds. The van der Waals surface area contributed by atoms with E-state index in [-0.39, 0.29) is 0 Å².